The lowest BCUT2D eigenvalue weighted by Gasteiger charge is -2.37. The quantitative estimate of drug-likeness (QED) is 0.788. The van der Waals surface area contributed by atoms with E-state index >= 15 is 0 Å². The summed E-state index contributed by atoms with van der Waals surface area (Å²) in [5, 5.41) is 12.3. The third kappa shape index (κ3) is 3.05. The van der Waals surface area contributed by atoms with Gasteiger partial charge in [-0.05, 0) is 44.1 Å². The Labute approximate surface area is 123 Å². The molecule has 4 heteroatoms. The molecule has 1 fully saturated rings. The third-order valence-corrected chi connectivity index (χ3v) is 4.89. The van der Waals surface area contributed by atoms with Gasteiger partial charge in [-0.15, -0.1) is 5.10 Å². The van der Waals surface area contributed by atoms with E-state index in [-0.39, 0.29) is 0 Å². The maximum absolute atomic E-state index is 4.30. The lowest BCUT2D eigenvalue weighted by Crippen LogP contribution is -2.38. The standard InChI is InChI=1S/C16H30N4/c1-4-11-17-15(16(6-3)9-7-8-10-16)14-13-18-19-20(14)12-5-2/h13,15,17H,4-12H2,1-3H3. The zero-order chi connectivity index (χ0) is 14.4. The van der Waals surface area contributed by atoms with Crippen LogP contribution in [0.2, 0.25) is 0 Å². The van der Waals surface area contributed by atoms with Gasteiger partial charge >= 0.3 is 0 Å². The van der Waals surface area contributed by atoms with Gasteiger partial charge in [0.15, 0.2) is 0 Å². The number of rotatable bonds is 8. The van der Waals surface area contributed by atoms with E-state index in [1.165, 1.54) is 44.2 Å². The first kappa shape index (κ1) is 15.5. The first-order chi connectivity index (χ1) is 9.77. The summed E-state index contributed by atoms with van der Waals surface area (Å²) in [6.45, 7) is 8.83. The molecule has 0 bridgehead atoms. The SMILES string of the molecule is CCCNC(c1cnnn1CCC)C1(CC)CCCC1. The van der Waals surface area contributed by atoms with E-state index in [9.17, 15) is 0 Å². The van der Waals surface area contributed by atoms with Crippen LogP contribution in [-0.4, -0.2) is 21.5 Å². The molecule has 1 N–H and O–H groups in total. The third-order valence-electron chi connectivity index (χ3n) is 4.89. The van der Waals surface area contributed by atoms with Gasteiger partial charge in [-0.1, -0.05) is 38.8 Å². The minimum Gasteiger partial charge on any atom is -0.308 e. The zero-order valence-corrected chi connectivity index (χ0v) is 13.4. The molecule has 1 atom stereocenters. The molecule has 0 aromatic carbocycles. The van der Waals surface area contributed by atoms with Crippen LogP contribution in [0.5, 0.6) is 0 Å². The van der Waals surface area contributed by atoms with E-state index in [0.29, 0.717) is 11.5 Å². The van der Waals surface area contributed by atoms with Crippen molar-refractivity contribution in [3.05, 3.63) is 11.9 Å². The highest BCUT2D eigenvalue weighted by Crippen LogP contribution is 2.49. The van der Waals surface area contributed by atoms with Crippen molar-refractivity contribution in [1.82, 2.24) is 20.3 Å². The highest BCUT2D eigenvalue weighted by Gasteiger charge is 2.41. The molecule has 0 radical (unpaired) electrons. The summed E-state index contributed by atoms with van der Waals surface area (Å²) >= 11 is 0. The zero-order valence-electron chi connectivity index (χ0n) is 13.4. The highest BCUT2D eigenvalue weighted by atomic mass is 15.4. The number of nitrogens with one attached hydrogen (secondary N) is 1. The van der Waals surface area contributed by atoms with Crippen LogP contribution in [0, 0.1) is 5.41 Å². The predicted octanol–water partition coefficient (Wildman–Crippen LogP) is 3.70. The number of aryl methyl sites for hydroxylation is 1. The largest absolute Gasteiger partial charge is 0.308 e. The van der Waals surface area contributed by atoms with Gasteiger partial charge in [0.25, 0.3) is 0 Å². The second kappa shape index (κ2) is 7.21. The van der Waals surface area contributed by atoms with Crippen LogP contribution < -0.4 is 5.32 Å². The summed E-state index contributed by atoms with van der Waals surface area (Å²) in [6, 6.07) is 0.413. The van der Waals surface area contributed by atoms with Crippen LogP contribution in [0.15, 0.2) is 6.20 Å². The van der Waals surface area contributed by atoms with Crippen molar-refractivity contribution in [3.63, 3.8) is 0 Å². The Bertz CT molecular complexity index is 393. The molecule has 4 nitrogen and oxygen atoms in total. The molecule has 114 valence electrons. The van der Waals surface area contributed by atoms with Crippen molar-refractivity contribution in [2.75, 3.05) is 6.54 Å². The minimum absolute atomic E-state index is 0.405. The van der Waals surface area contributed by atoms with E-state index in [0.717, 1.165) is 19.5 Å². The monoisotopic (exact) mass is 278 g/mol. The molecule has 1 unspecified atom stereocenters. The summed E-state index contributed by atoms with van der Waals surface area (Å²) in [4.78, 5) is 0. The average molecular weight is 278 g/mol. The fourth-order valence-electron chi connectivity index (χ4n) is 3.72. The van der Waals surface area contributed by atoms with E-state index in [1.54, 1.807) is 0 Å². The van der Waals surface area contributed by atoms with E-state index in [1.807, 2.05) is 6.20 Å². The van der Waals surface area contributed by atoms with Gasteiger partial charge in [0.05, 0.1) is 17.9 Å². The van der Waals surface area contributed by atoms with Gasteiger partial charge in [-0.3, -0.25) is 0 Å². The Morgan fingerprint density at radius 1 is 1.25 bits per heavy atom. The first-order valence-corrected chi connectivity index (χ1v) is 8.39. The van der Waals surface area contributed by atoms with Crippen LogP contribution in [0.3, 0.4) is 0 Å². The van der Waals surface area contributed by atoms with E-state index < -0.39 is 0 Å². The summed E-state index contributed by atoms with van der Waals surface area (Å²) < 4.78 is 2.11. The maximum Gasteiger partial charge on any atom is 0.0762 e. The summed E-state index contributed by atoms with van der Waals surface area (Å²) in [5.41, 5.74) is 1.70. The van der Waals surface area contributed by atoms with Crippen LogP contribution >= 0.6 is 0 Å². The first-order valence-electron chi connectivity index (χ1n) is 8.39. The Balaban J connectivity index is 2.28. The summed E-state index contributed by atoms with van der Waals surface area (Å²) in [7, 11) is 0. The van der Waals surface area contributed by atoms with Crippen molar-refractivity contribution in [1.29, 1.82) is 0 Å². The Hall–Kier alpha value is -0.900. The van der Waals surface area contributed by atoms with Crippen LogP contribution in [0.25, 0.3) is 0 Å². The predicted molar refractivity (Wildman–Crippen MR) is 82.5 cm³/mol. The van der Waals surface area contributed by atoms with Crippen molar-refractivity contribution >= 4 is 0 Å². The second-order valence-electron chi connectivity index (χ2n) is 6.19. The van der Waals surface area contributed by atoms with Gasteiger partial charge in [0, 0.05) is 6.54 Å². The lowest BCUT2D eigenvalue weighted by atomic mass is 9.75. The smallest absolute Gasteiger partial charge is 0.0762 e. The molecular weight excluding hydrogens is 248 g/mol. The van der Waals surface area contributed by atoms with Crippen LogP contribution in [-0.2, 0) is 6.54 Å². The van der Waals surface area contributed by atoms with Gasteiger partial charge in [-0.2, -0.15) is 0 Å². The fraction of sp³-hybridized carbons (Fsp3) is 0.875. The molecule has 0 amide bonds. The molecule has 0 saturated heterocycles. The van der Waals surface area contributed by atoms with Crippen molar-refractivity contribution < 1.29 is 0 Å². The van der Waals surface area contributed by atoms with Gasteiger partial charge < -0.3 is 5.32 Å². The van der Waals surface area contributed by atoms with Crippen LogP contribution in [0.1, 0.15) is 77.5 Å². The Morgan fingerprint density at radius 2 is 2.00 bits per heavy atom. The molecule has 1 aliphatic carbocycles. The molecule has 20 heavy (non-hydrogen) atoms. The number of hydrogen-bond donors (Lipinski definition) is 1. The number of hydrogen-bond acceptors (Lipinski definition) is 3. The average Bonchev–Trinajstić information content (AvgIpc) is 3.10. The van der Waals surface area contributed by atoms with Crippen molar-refractivity contribution in [2.45, 2.75) is 78.3 Å². The molecule has 0 spiro atoms. The normalized spacial score (nSPS) is 19.4. The van der Waals surface area contributed by atoms with Crippen molar-refractivity contribution in [3.8, 4) is 0 Å². The molecule has 1 heterocycles. The summed E-state index contributed by atoms with van der Waals surface area (Å²) in [6.07, 6.45) is 10.9. The van der Waals surface area contributed by atoms with Gasteiger partial charge in [0.1, 0.15) is 0 Å². The van der Waals surface area contributed by atoms with Crippen molar-refractivity contribution in [2.24, 2.45) is 5.41 Å². The molecule has 1 aromatic heterocycles. The van der Waals surface area contributed by atoms with Gasteiger partial charge in [-0.25, -0.2) is 4.68 Å². The molecule has 2 rings (SSSR count). The summed E-state index contributed by atoms with van der Waals surface area (Å²) in [5.74, 6) is 0. The second-order valence-corrected chi connectivity index (χ2v) is 6.19. The number of aromatic nitrogens is 3. The molecule has 1 aliphatic rings. The van der Waals surface area contributed by atoms with Gasteiger partial charge in [0.2, 0.25) is 0 Å². The van der Waals surface area contributed by atoms with Crippen LogP contribution in [0.4, 0.5) is 0 Å². The number of nitrogens with zero attached hydrogens (tertiary/aromatic N) is 3. The maximum atomic E-state index is 4.30. The Morgan fingerprint density at radius 3 is 2.60 bits per heavy atom. The molecule has 1 aromatic rings. The molecular formula is C16H30N4. The Kier molecular flexibility index (Phi) is 5.58. The fourth-order valence-corrected chi connectivity index (χ4v) is 3.72. The highest BCUT2D eigenvalue weighted by molar-refractivity contribution is 5.10. The molecule has 0 aliphatic heterocycles. The topological polar surface area (TPSA) is 42.7 Å². The minimum atomic E-state index is 0.405. The lowest BCUT2D eigenvalue weighted by molar-refractivity contribution is 0.178. The molecule has 1 saturated carbocycles. The van der Waals surface area contributed by atoms with E-state index in [2.05, 4.69) is 41.1 Å². The van der Waals surface area contributed by atoms with E-state index in [4.69, 9.17) is 0 Å².